The van der Waals surface area contributed by atoms with E-state index in [0.717, 1.165) is 61.2 Å². The van der Waals surface area contributed by atoms with Crippen molar-refractivity contribution in [2.24, 2.45) is 0 Å². The molecule has 1 aliphatic carbocycles. The molecule has 2 aromatic rings. The molecule has 1 saturated heterocycles. The maximum atomic E-state index is 13.2. The summed E-state index contributed by atoms with van der Waals surface area (Å²) in [7, 11) is 0. The van der Waals surface area contributed by atoms with Gasteiger partial charge < -0.3 is 15.1 Å². The molecule has 0 spiro atoms. The Kier molecular flexibility index (Phi) is 5.19. The van der Waals surface area contributed by atoms with Crippen LogP contribution in [-0.4, -0.2) is 40.7 Å². The Morgan fingerprint density at radius 2 is 1.57 bits per heavy atom. The molecular formula is C25H29N3O2. The average molecular weight is 404 g/mol. The zero-order valence-electron chi connectivity index (χ0n) is 17.3. The number of amides is 2. The van der Waals surface area contributed by atoms with Gasteiger partial charge in [0.05, 0.1) is 0 Å². The van der Waals surface area contributed by atoms with E-state index in [4.69, 9.17) is 0 Å². The normalized spacial score (nSPS) is 21.7. The van der Waals surface area contributed by atoms with E-state index < -0.39 is 0 Å². The van der Waals surface area contributed by atoms with Crippen LogP contribution in [-0.2, 0) is 0 Å². The van der Waals surface area contributed by atoms with Crippen molar-refractivity contribution in [1.82, 2.24) is 9.80 Å². The van der Waals surface area contributed by atoms with Crippen LogP contribution in [0.25, 0.3) is 0 Å². The number of hydrogen-bond acceptors (Lipinski definition) is 3. The van der Waals surface area contributed by atoms with Crippen LogP contribution in [0.3, 0.4) is 0 Å². The van der Waals surface area contributed by atoms with E-state index in [-0.39, 0.29) is 24.0 Å². The van der Waals surface area contributed by atoms with Crippen LogP contribution >= 0.6 is 0 Å². The molecule has 1 saturated carbocycles. The summed E-state index contributed by atoms with van der Waals surface area (Å²) >= 11 is 0. The van der Waals surface area contributed by atoms with E-state index >= 15 is 0 Å². The number of rotatable bonds is 4. The molecular weight excluding hydrogens is 374 g/mol. The highest BCUT2D eigenvalue weighted by molar-refractivity contribution is 6.00. The minimum atomic E-state index is -0.156. The highest BCUT2D eigenvalue weighted by Gasteiger charge is 2.40. The van der Waals surface area contributed by atoms with Gasteiger partial charge in [-0.05, 0) is 56.0 Å². The first-order valence-electron chi connectivity index (χ1n) is 11.3. The lowest BCUT2D eigenvalue weighted by atomic mass is 9.94. The van der Waals surface area contributed by atoms with Crippen molar-refractivity contribution in [3.63, 3.8) is 0 Å². The van der Waals surface area contributed by atoms with Gasteiger partial charge in [-0.15, -0.1) is 0 Å². The standard InChI is InChI=1S/C25H29N3O2/c29-24(27-16-6-7-17-27)18-12-14-19(15-13-18)26-23-21-10-4-5-11-22(21)25(30)28(23)20-8-2-1-3-9-20/h4-5,10-15,20,23,26H,1-3,6-9,16-17H2/t23-/m0/s1. The first kappa shape index (κ1) is 19.2. The fourth-order valence-electron chi connectivity index (χ4n) is 5.19. The Labute approximate surface area is 178 Å². The van der Waals surface area contributed by atoms with Gasteiger partial charge in [0.25, 0.3) is 11.8 Å². The Hall–Kier alpha value is -2.82. The van der Waals surface area contributed by atoms with Crippen molar-refractivity contribution in [3.05, 3.63) is 65.2 Å². The minimum absolute atomic E-state index is 0.115. The van der Waals surface area contributed by atoms with Crippen molar-refractivity contribution in [1.29, 1.82) is 0 Å². The summed E-state index contributed by atoms with van der Waals surface area (Å²) in [6.07, 6.45) is 7.81. The number of nitrogens with one attached hydrogen (secondary N) is 1. The van der Waals surface area contributed by atoms with Gasteiger partial charge >= 0.3 is 0 Å². The van der Waals surface area contributed by atoms with Crippen LogP contribution in [0.5, 0.6) is 0 Å². The number of nitrogens with zero attached hydrogens (tertiary/aromatic N) is 2. The summed E-state index contributed by atoms with van der Waals surface area (Å²) < 4.78 is 0. The molecule has 30 heavy (non-hydrogen) atoms. The summed E-state index contributed by atoms with van der Waals surface area (Å²) in [5.74, 6) is 0.250. The third kappa shape index (κ3) is 3.47. The molecule has 0 radical (unpaired) electrons. The van der Waals surface area contributed by atoms with Crippen LogP contribution in [0.4, 0.5) is 5.69 Å². The van der Waals surface area contributed by atoms with E-state index in [1.54, 1.807) is 0 Å². The second-order valence-electron chi connectivity index (χ2n) is 8.72. The number of carbonyl (C=O) groups excluding carboxylic acids is 2. The largest absolute Gasteiger partial charge is 0.361 e. The van der Waals surface area contributed by atoms with Crippen molar-refractivity contribution >= 4 is 17.5 Å². The third-order valence-corrected chi connectivity index (χ3v) is 6.80. The van der Waals surface area contributed by atoms with Crippen molar-refractivity contribution in [2.75, 3.05) is 18.4 Å². The summed E-state index contributed by atoms with van der Waals surface area (Å²) in [6.45, 7) is 1.71. The predicted molar refractivity (Wildman–Crippen MR) is 117 cm³/mol. The number of anilines is 1. The van der Waals surface area contributed by atoms with Crippen LogP contribution < -0.4 is 5.32 Å². The van der Waals surface area contributed by atoms with Gasteiger partial charge in [-0.3, -0.25) is 9.59 Å². The highest BCUT2D eigenvalue weighted by atomic mass is 16.2. The smallest absolute Gasteiger partial charge is 0.256 e. The minimum Gasteiger partial charge on any atom is -0.361 e. The van der Waals surface area contributed by atoms with Gasteiger partial charge in [-0.1, -0.05) is 37.5 Å². The molecule has 2 heterocycles. The molecule has 5 heteroatoms. The number of likely N-dealkylation sites (tertiary alicyclic amines) is 1. The molecule has 2 fully saturated rings. The van der Waals surface area contributed by atoms with Crippen LogP contribution in [0.1, 0.15) is 77.4 Å². The molecule has 0 unspecified atom stereocenters. The highest BCUT2D eigenvalue weighted by Crippen LogP contribution is 2.39. The molecule has 0 aromatic heterocycles. The second kappa shape index (κ2) is 8.13. The molecule has 2 aliphatic heterocycles. The van der Waals surface area contributed by atoms with Crippen LogP contribution in [0.15, 0.2) is 48.5 Å². The molecule has 2 aromatic carbocycles. The van der Waals surface area contributed by atoms with E-state index in [1.807, 2.05) is 47.4 Å². The van der Waals surface area contributed by atoms with E-state index in [0.29, 0.717) is 0 Å². The van der Waals surface area contributed by atoms with Gasteiger partial charge in [-0.25, -0.2) is 0 Å². The Morgan fingerprint density at radius 1 is 0.867 bits per heavy atom. The van der Waals surface area contributed by atoms with Gasteiger partial charge in [-0.2, -0.15) is 0 Å². The molecule has 5 rings (SSSR count). The first-order chi connectivity index (χ1) is 14.7. The lowest BCUT2D eigenvalue weighted by Crippen LogP contribution is -2.42. The molecule has 0 bridgehead atoms. The topological polar surface area (TPSA) is 52.7 Å². The summed E-state index contributed by atoms with van der Waals surface area (Å²) in [4.78, 5) is 29.8. The SMILES string of the molecule is O=C(c1ccc(N[C@@H]2c3ccccc3C(=O)N2C2CCCCC2)cc1)N1CCCC1. The quantitative estimate of drug-likeness (QED) is 0.796. The first-order valence-corrected chi connectivity index (χ1v) is 11.3. The summed E-state index contributed by atoms with van der Waals surface area (Å²) in [5, 5.41) is 3.59. The van der Waals surface area contributed by atoms with Crippen molar-refractivity contribution in [2.45, 2.75) is 57.2 Å². The van der Waals surface area contributed by atoms with E-state index in [9.17, 15) is 9.59 Å². The molecule has 3 aliphatic rings. The summed E-state index contributed by atoms with van der Waals surface area (Å²) in [6, 6.07) is 16.0. The second-order valence-corrected chi connectivity index (χ2v) is 8.72. The van der Waals surface area contributed by atoms with Gasteiger partial charge in [0.1, 0.15) is 6.17 Å². The summed E-state index contributed by atoms with van der Waals surface area (Å²) in [5.41, 5.74) is 3.52. The zero-order chi connectivity index (χ0) is 20.5. The van der Waals surface area contributed by atoms with Crippen LogP contribution in [0.2, 0.25) is 0 Å². The predicted octanol–water partition coefficient (Wildman–Crippen LogP) is 4.82. The zero-order valence-corrected chi connectivity index (χ0v) is 17.3. The molecule has 2 amide bonds. The maximum absolute atomic E-state index is 13.2. The fourth-order valence-corrected chi connectivity index (χ4v) is 5.19. The monoisotopic (exact) mass is 403 g/mol. The Morgan fingerprint density at radius 3 is 2.30 bits per heavy atom. The molecule has 1 N–H and O–H groups in total. The Bertz CT molecular complexity index is 928. The number of hydrogen-bond donors (Lipinski definition) is 1. The van der Waals surface area contributed by atoms with Gasteiger partial charge in [0.2, 0.25) is 0 Å². The third-order valence-electron chi connectivity index (χ3n) is 6.80. The van der Waals surface area contributed by atoms with Crippen molar-refractivity contribution < 1.29 is 9.59 Å². The number of fused-ring (bicyclic) bond motifs is 1. The number of benzene rings is 2. The lowest BCUT2D eigenvalue weighted by molar-refractivity contribution is 0.0600. The Balaban J connectivity index is 1.38. The fraction of sp³-hybridized carbons (Fsp3) is 0.440. The average Bonchev–Trinajstić information content (AvgIpc) is 3.42. The van der Waals surface area contributed by atoms with Gasteiger partial charge in [0, 0.05) is 41.5 Å². The van der Waals surface area contributed by atoms with Crippen molar-refractivity contribution in [3.8, 4) is 0 Å². The molecule has 5 nitrogen and oxygen atoms in total. The van der Waals surface area contributed by atoms with E-state index in [2.05, 4.69) is 16.3 Å². The molecule has 1 atom stereocenters. The van der Waals surface area contributed by atoms with Crippen LogP contribution in [0, 0.1) is 0 Å². The lowest BCUT2D eigenvalue weighted by Gasteiger charge is -2.36. The van der Waals surface area contributed by atoms with Gasteiger partial charge in [0.15, 0.2) is 0 Å². The van der Waals surface area contributed by atoms with E-state index in [1.165, 1.54) is 19.3 Å². The molecule has 156 valence electrons. The number of carbonyl (C=O) groups is 2. The maximum Gasteiger partial charge on any atom is 0.256 e.